The molecule has 0 saturated carbocycles. The minimum absolute atomic E-state index is 0.0724. The largest absolute Gasteiger partial charge is 0.492 e. The zero-order valence-electron chi connectivity index (χ0n) is 24.3. The summed E-state index contributed by atoms with van der Waals surface area (Å²) in [6.07, 6.45) is -4.07. The number of hydrogen-bond acceptors (Lipinski definition) is 7. The van der Waals surface area contributed by atoms with Crippen LogP contribution in [0.5, 0.6) is 11.5 Å². The molecule has 0 spiro atoms. The van der Waals surface area contributed by atoms with Crippen LogP contribution >= 0.6 is 0 Å². The third-order valence-electron chi connectivity index (χ3n) is 6.74. The highest BCUT2D eigenvalue weighted by Crippen LogP contribution is 2.21. The van der Waals surface area contributed by atoms with Crippen LogP contribution in [0.2, 0.25) is 0 Å². The summed E-state index contributed by atoms with van der Waals surface area (Å²) in [7, 11) is 1.10. The first-order chi connectivity index (χ1) is 21.8. The fourth-order valence-electron chi connectivity index (χ4n) is 4.53. The number of pyridine rings is 1. The quantitative estimate of drug-likeness (QED) is 0.0840. The van der Waals surface area contributed by atoms with E-state index in [0.29, 0.717) is 41.6 Å². The molecule has 232 valence electrons. The first-order valence-electron chi connectivity index (χ1n) is 14.1. The van der Waals surface area contributed by atoms with Crippen LogP contribution in [0.1, 0.15) is 16.8 Å². The van der Waals surface area contributed by atoms with Crippen LogP contribution in [0.4, 0.5) is 13.2 Å². The lowest BCUT2D eigenvalue weighted by atomic mass is 10.1. The van der Waals surface area contributed by atoms with Crippen molar-refractivity contribution in [3.63, 3.8) is 0 Å². The van der Waals surface area contributed by atoms with Crippen molar-refractivity contribution in [2.24, 2.45) is 5.16 Å². The Kier molecular flexibility index (Phi) is 10.1. The van der Waals surface area contributed by atoms with E-state index < -0.39 is 24.9 Å². The molecule has 0 saturated heterocycles. The fourth-order valence-corrected chi connectivity index (χ4v) is 4.53. The summed E-state index contributed by atoms with van der Waals surface area (Å²) in [6, 6.07) is 31.6. The molecule has 0 aliphatic carbocycles. The number of carbonyl (C=O) groups is 1. The lowest BCUT2D eigenvalue weighted by Gasteiger charge is -2.17. The fraction of sp³-hybridized carbons (Fsp3) is 0.206. The predicted octanol–water partition coefficient (Wildman–Crippen LogP) is 6.61. The van der Waals surface area contributed by atoms with Crippen LogP contribution < -0.4 is 9.57 Å². The maximum absolute atomic E-state index is 12.6. The number of halogens is 3. The summed E-state index contributed by atoms with van der Waals surface area (Å²) in [5.74, 6) is 0.297. The first-order valence-corrected chi connectivity index (χ1v) is 14.1. The number of aromatic nitrogens is 2. The average Bonchev–Trinajstić information content (AvgIpc) is 3.46. The molecule has 0 radical (unpaired) electrons. The van der Waals surface area contributed by atoms with Gasteiger partial charge in [-0.3, -0.25) is 0 Å². The van der Waals surface area contributed by atoms with Crippen molar-refractivity contribution in [1.29, 1.82) is 0 Å². The number of fused-ring (bicyclic) bond motifs is 1. The van der Waals surface area contributed by atoms with Gasteiger partial charge < -0.3 is 23.6 Å². The maximum atomic E-state index is 12.6. The Bertz CT molecular complexity index is 1720. The molecule has 3 aromatic carbocycles. The van der Waals surface area contributed by atoms with E-state index in [1.165, 1.54) is 0 Å². The number of esters is 1. The second-order valence-electron chi connectivity index (χ2n) is 9.96. The monoisotopic (exact) mass is 617 g/mol. The highest BCUT2D eigenvalue weighted by Gasteiger charge is 2.32. The summed E-state index contributed by atoms with van der Waals surface area (Å²) in [6.45, 7) is -0.721. The highest BCUT2D eigenvalue weighted by molar-refractivity contribution is 6.12. The van der Waals surface area contributed by atoms with Crippen LogP contribution in [0.3, 0.4) is 0 Å². The van der Waals surface area contributed by atoms with Gasteiger partial charge in [-0.2, -0.15) is 13.2 Å². The first kappa shape index (κ1) is 31.3. The van der Waals surface area contributed by atoms with Gasteiger partial charge in [0.15, 0.2) is 11.9 Å². The third-order valence-corrected chi connectivity index (χ3v) is 6.74. The third kappa shape index (κ3) is 8.70. The van der Waals surface area contributed by atoms with Crippen molar-refractivity contribution in [2.75, 3.05) is 20.3 Å². The molecule has 1 unspecified atom stereocenters. The van der Waals surface area contributed by atoms with E-state index in [4.69, 9.17) is 19.3 Å². The van der Waals surface area contributed by atoms with Gasteiger partial charge in [0.2, 0.25) is 0 Å². The zero-order chi connectivity index (χ0) is 31.6. The molecule has 8 nitrogen and oxygen atoms in total. The molecule has 0 fully saturated rings. The summed E-state index contributed by atoms with van der Waals surface area (Å²) in [4.78, 5) is 22.6. The molecule has 1 atom stereocenters. The molecule has 0 amide bonds. The van der Waals surface area contributed by atoms with Gasteiger partial charge in [0.25, 0.3) is 0 Å². The number of rotatable bonds is 13. The lowest BCUT2D eigenvalue weighted by Crippen LogP contribution is -2.32. The Labute approximate surface area is 257 Å². The summed E-state index contributed by atoms with van der Waals surface area (Å²) in [5, 5.41) is 5.41. The number of nitrogens with zero attached hydrogens (tertiary/aromatic N) is 3. The Morgan fingerprint density at radius 3 is 2.29 bits per heavy atom. The topological polar surface area (TPSA) is 84.2 Å². The van der Waals surface area contributed by atoms with E-state index in [1.807, 2.05) is 89.6 Å². The lowest BCUT2D eigenvalue weighted by molar-refractivity contribution is -0.193. The van der Waals surface area contributed by atoms with Crippen molar-refractivity contribution in [3.8, 4) is 11.5 Å². The van der Waals surface area contributed by atoms with Crippen LogP contribution in [-0.4, -0.2) is 53.8 Å². The number of alkyl halides is 3. The Morgan fingerprint density at radius 2 is 1.60 bits per heavy atom. The van der Waals surface area contributed by atoms with Gasteiger partial charge >= 0.3 is 12.1 Å². The number of methoxy groups -OCH3 is 1. The molecule has 0 N–H and O–H groups in total. The molecule has 0 aliphatic heterocycles. The Balaban J connectivity index is 1.25. The van der Waals surface area contributed by atoms with E-state index in [9.17, 15) is 18.0 Å². The number of oxime groups is 1. The van der Waals surface area contributed by atoms with E-state index in [1.54, 1.807) is 24.3 Å². The number of para-hydroxylation sites is 1. The van der Waals surface area contributed by atoms with Crippen LogP contribution in [0, 0.1) is 0 Å². The molecule has 0 aliphatic rings. The number of ether oxygens (including phenoxy) is 3. The molecule has 45 heavy (non-hydrogen) atoms. The number of carbonyl (C=O) groups excluding carboxylic acids is 1. The van der Waals surface area contributed by atoms with Crippen LogP contribution in [0.25, 0.3) is 11.0 Å². The average molecular weight is 618 g/mol. The second kappa shape index (κ2) is 14.5. The zero-order valence-corrected chi connectivity index (χ0v) is 24.3. The molecule has 11 heteroatoms. The maximum Gasteiger partial charge on any atom is 0.411 e. The van der Waals surface area contributed by atoms with Gasteiger partial charge in [0, 0.05) is 23.6 Å². The van der Waals surface area contributed by atoms with Gasteiger partial charge in [-0.1, -0.05) is 65.8 Å². The van der Waals surface area contributed by atoms with E-state index >= 15 is 0 Å². The number of benzene rings is 3. The Hall–Kier alpha value is -5.16. The van der Waals surface area contributed by atoms with Gasteiger partial charge in [-0.05, 0) is 48.0 Å². The Morgan fingerprint density at radius 1 is 0.889 bits per heavy atom. The highest BCUT2D eigenvalue weighted by atomic mass is 19.4. The van der Waals surface area contributed by atoms with Gasteiger partial charge in [-0.25, -0.2) is 9.78 Å². The van der Waals surface area contributed by atoms with Gasteiger partial charge in [0.05, 0.1) is 19.3 Å². The molecule has 0 bridgehead atoms. The molecule has 5 aromatic rings. The van der Waals surface area contributed by atoms with Crippen molar-refractivity contribution < 1.29 is 37.0 Å². The van der Waals surface area contributed by atoms with Crippen LogP contribution in [-0.2, 0) is 27.2 Å². The number of hydrogen-bond donors (Lipinski definition) is 0. The molecule has 2 aromatic heterocycles. The van der Waals surface area contributed by atoms with Crippen molar-refractivity contribution in [3.05, 3.63) is 126 Å². The molecular weight excluding hydrogens is 587 g/mol. The molecular formula is C34H30F3N3O5. The molecule has 2 heterocycles. The summed E-state index contributed by atoms with van der Waals surface area (Å²) >= 11 is 0. The second-order valence-corrected chi connectivity index (χ2v) is 9.96. The summed E-state index contributed by atoms with van der Waals surface area (Å²) in [5.41, 5.74) is 3.44. The van der Waals surface area contributed by atoms with E-state index in [-0.39, 0.29) is 6.42 Å². The smallest absolute Gasteiger partial charge is 0.411 e. The summed E-state index contributed by atoms with van der Waals surface area (Å²) < 4.78 is 55.0. The van der Waals surface area contributed by atoms with E-state index in [2.05, 4.69) is 9.89 Å². The predicted molar refractivity (Wildman–Crippen MR) is 162 cm³/mol. The molecule has 5 rings (SSSR count). The minimum Gasteiger partial charge on any atom is -0.492 e. The SMILES string of the molecule is COC(=O)C(Cc1ccc(OCCn2ccc3ccc(/C(=N/Oc4ccccc4)c4ccccc4)nc32)cc1)OCC(F)(F)F. The van der Waals surface area contributed by atoms with Gasteiger partial charge in [-0.15, -0.1) is 0 Å². The minimum atomic E-state index is -4.55. The van der Waals surface area contributed by atoms with E-state index in [0.717, 1.165) is 23.7 Å². The van der Waals surface area contributed by atoms with Crippen LogP contribution in [0.15, 0.2) is 114 Å². The van der Waals surface area contributed by atoms with Crippen molar-refractivity contribution in [1.82, 2.24) is 9.55 Å². The standard InChI is InChI=1S/C34H30F3N3O5/c1-42-33(41)30(44-23-34(35,36)37)22-24-12-15-27(16-13-24)43-21-20-40-19-18-26-14-17-29(38-32(26)40)31(25-8-4-2-5-9-25)39-45-28-10-6-3-7-11-28/h2-19,30H,20-23H2,1H3/b39-31+. The van der Waals surface area contributed by atoms with Gasteiger partial charge in [0.1, 0.15) is 30.3 Å². The van der Waals surface area contributed by atoms with Crippen molar-refractivity contribution in [2.45, 2.75) is 25.2 Å². The normalized spacial score (nSPS) is 12.6. The van der Waals surface area contributed by atoms with Crippen molar-refractivity contribution >= 4 is 22.7 Å².